The number of rotatable bonds is 9. The van der Waals surface area contributed by atoms with E-state index < -0.39 is 17.3 Å². The second-order valence-corrected chi connectivity index (χ2v) is 5.39. The zero-order chi connectivity index (χ0) is 15.1. The van der Waals surface area contributed by atoms with Crippen molar-refractivity contribution in [3.05, 3.63) is 0 Å². The molecule has 0 heterocycles. The third-order valence-corrected chi connectivity index (χ3v) is 3.48. The van der Waals surface area contributed by atoms with Crippen LogP contribution in [-0.2, 0) is 19.1 Å². The van der Waals surface area contributed by atoms with E-state index in [1.54, 1.807) is 6.92 Å². The van der Waals surface area contributed by atoms with Gasteiger partial charge in [0.25, 0.3) is 0 Å². The second-order valence-electron chi connectivity index (χ2n) is 5.39. The van der Waals surface area contributed by atoms with Crippen LogP contribution in [0.2, 0.25) is 0 Å². The quantitative estimate of drug-likeness (QED) is 0.477. The first-order valence-electron chi connectivity index (χ1n) is 7.02. The molecule has 0 aromatic rings. The van der Waals surface area contributed by atoms with Gasteiger partial charge in [0.05, 0.1) is 6.61 Å². The molecule has 0 rings (SSSR count). The van der Waals surface area contributed by atoms with Crippen LogP contribution in [0.3, 0.4) is 0 Å². The predicted octanol–water partition coefficient (Wildman–Crippen LogP) is 2.93. The fourth-order valence-electron chi connectivity index (χ4n) is 1.65. The van der Waals surface area contributed by atoms with Crippen molar-refractivity contribution in [2.24, 2.45) is 11.3 Å². The number of ketones is 2. The smallest absolute Gasteiger partial charge is 0.316 e. The van der Waals surface area contributed by atoms with Gasteiger partial charge in [-0.2, -0.15) is 0 Å². The first kappa shape index (κ1) is 17.8. The minimum atomic E-state index is -0.932. The van der Waals surface area contributed by atoms with Gasteiger partial charge in [-0.15, -0.1) is 0 Å². The van der Waals surface area contributed by atoms with Crippen LogP contribution in [0.4, 0.5) is 0 Å². The molecule has 0 N–H and O–H groups in total. The monoisotopic (exact) mass is 270 g/mol. The van der Waals surface area contributed by atoms with Crippen LogP contribution in [0, 0.1) is 11.3 Å². The van der Waals surface area contributed by atoms with Crippen LogP contribution >= 0.6 is 0 Å². The summed E-state index contributed by atoms with van der Waals surface area (Å²) in [5.74, 6) is -1.75. The zero-order valence-corrected chi connectivity index (χ0v) is 12.7. The number of ether oxygens (including phenoxy) is 1. The Morgan fingerprint density at radius 1 is 1.11 bits per heavy atom. The van der Waals surface area contributed by atoms with E-state index >= 15 is 0 Å². The van der Waals surface area contributed by atoms with E-state index in [0.717, 1.165) is 0 Å². The van der Waals surface area contributed by atoms with Gasteiger partial charge >= 0.3 is 5.97 Å². The van der Waals surface area contributed by atoms with E-state index in [9.17, 15) is 14.4 Å². The Hall–Kier alpha value is -1.19. The Morgan fingerprint density at radius 2 is 1.68 bits per heavy atom. The van der Waals surface area contributed by atoms with Crippen LogP contribution in [-0.4, -0.2) is 24.1 Å². The van der Waals surface area contributed by atoms with Crippen LogP contribution in [0.15, 0.2) is 0 Å². The average Bonchev–Trinajstić information content (AvgIpc) is 2.35. The van der Waals surface area contributed by atoms with Gasteiger partial charge in [-0.05, 0) is 19.8 Å². The first-order chi connectivity index (χ1) is 8.80. The van der Waals surface area contributed by atoms with Gasteiger partial charge in [0.1, 0.15) is 17.5 Å². The number of carbonyl (C=O) groups excluding carboxylic acids is 3. The summed E-state index contributed by atoms with van der Waals surface area (Å²) in [6.45, 7) is 9.38. The topological polar surface area (TPSA) is 60.4 Å². The molecule has 4 nitrogen and oxygen atoms in total. The first-order valence-corrected chi connectivity index (χ1v) is 7.02. The van der Waals surface area contributed by atoms with Crippen molar-refractivity contribution in [3.8, 4) is 0 Å². The molecule has 0 saturated heterocycles. The molecule has 0 spiro atoms. The fourth-order valence-corrected chi connectivity index (χ4v) is 1.65. The summed E-state index contributed by atoms with van der Waals surface area (Å²) >= 11 is 0. The molecule has 0 radical (unpaired) electrons. The van der Waals surface area contributed by atoms with Crippen molar-refractivity contribution in [2.45, 2.75) is 60.3 Å². The largest absolute Gasteiger partial charge is 0.465 e. The lowest BCUT2D eigenvalue weighted by atomic mass is 9.80. The highest BCUT2D eigenvalue weighted by Gasteiger charge is 2.34. The van der Waals surface area contributed by atoms with E-state index in [2.05, 4.69) is 0 Å². The molecule has 0 aliphatic carbocycles. The molecule has 0 fully saturated rings. The molecule has 1 unspecified atom stereocenters. The van der Waals surface area contributed by atoms with Gasteiger partial charge in [-0.1, -0.05) is 27.7 Å². The number of carbonyl (C=O) groups is 3. The molecule has 19 heavy (non-hydrogen) atoms. The highest BCUT2D eigenvalue weighted by Crippen LogP contribution is 2.26. The fraction of sp³-hybridized carbons (Fsp3) is 0.800. The number of hydrogen-bond acceptors (Lipinski definition) is 4. The minimum Gasteiger partial charge on any atom is -0.465 e. The molecular weight excluding hydrogens is 244 g/mol. The molecule has 1 atom stereocenters. The maximum Gasteiger partial charge on any atom is 0.316 e. The Labute approximate surface area is 115 Å². The molecule has 0 aromatic heterocycles. The molecule has 0 saturated carbocycles. The van der Waals surface area contributed by atoms with Gasteiger partial charge < -0.3 is 4.74 Å². The van der Waals surface area contributed by atoms with Crippen LogP contribution in [0.1, 0.15) is 60.3 Å². The van der Waals surface area contributed by atoms with Gasteiger partial charge in [-0.25, -0.2) is 0 Å². The Balaban J connectivity index is 4.91. The summed E-state index contributed by atoms with van der Waals surface area (Å²) in [4.78, 5) is 35.9. The van der Waals surface area contributed by atoms with Crippen LogP contribution in [0.5, 0.6) is 0 Å². The number of Topliss-reactive ketones (excluding diaryl/α,β-unsaturated/α-hetero) is 2. The van der Waals surface area contributed by atoms with Crippen molar-refractivity contribution in [2.75, 3.05) is 6.61 Å². The molecule has 110 valence electrons. The van der Waals surface area contributed by atoms with E-state index in [1.165, 1.54) is 0 Å². The zero-order valence-electron chi connectivity index (χ0n) is 12.7. The summed E-state index contributed by atoms with van der Waals surface area (Å²) in [6, 6.07) is 0. The minimum absolute atomic E-state index is 0.0431. The van der Waals surface area contributed by atoms with Gasteiger partial charge in [-0.3, -0.25) is 14.4 Å². The van der Waals surface area contributed by atoms with E-state index in [0.29, 0.717) is 19.3 Å². The SMILES string of the molecule is CCCC(=O)C(CC(=O)C(C)(C)CC)C(=O)OCC. The normalized spacial score (nSPS) is 12.9. The Morgan fingerprint density at radius 3 is 2.11 bits per heavy atom. The van der Waals surface area contributed by atoms with E-state index in [1.807, 2.05) is 27.7 Å². The van der Waals surface area contributed by atoms with Crippen LogP contribution < -0.4 is 0 Å². The predicted molar refractivity (Wildman–Crippen MR) is 73.7 cm³/mol. The maximum atomic E-state index is 12.2. The Kier molecular flexibility index (Phi) is 7.57. The molecule has 0 amide bonds. The summed E-state index contributed by atoms with van der Waals surface area (Å²) in [5.41, 5.74) is -0.503. The van der Waals surface area contributed by atoms with Gasteiger partial charge in [0.2, 0.25) is 0 Å². The van der Waals surface area contributed by atoms with E-state index in [4.69, 9.17) is 4.74 Å². The van der Waals surface area contributed by atoms with Crippen molar-refractivity contribution in [1.29, 1.82) is 0 Å². The molecule has 0 aromatic carbocycles. The molecule has 0 aliphatic heterocycles. The highest BCUT2D eigenvalue weighted by atomic mass is 16.5. The van der Waals surface area contributed by atoms with Crippen LogP contribution in [0.25, 0.3) is 0 Å². The molecule has 0 bridgehead atoms. The van der Waals surface area contributed by atoms with Crippen molar-refractivity contribution in [3.63, 3.8) is 0 Å². The standard InChI is InChI=1S/C15H26O4/c1-6-9-12(16)11(14(18)19-8-3)10-13(17)15(4,5)7-2/h11H,6-10H2,1-5H3. The van der Waals surface area contributed by atoms with Crippen molar-refractivity contribution >= 4 is 17.5 Å². The second kappa shape index (κ2) is 8.08. The van der Waals surface area contributed by atoms with E-state index in [-0.39, 0.29) is 24.6 Å². The molecule has 4 heteroatoms. The molecular formula is C15H26O4. The summed E-state index contributed by atoms with van der Waals surface area (Å²) < 4.78 is 4.91. The lowest BCUT2D eigenvalue weighted by molar-refractivity contribution is -0.154. The summed E-state index contributed by atoms with van der Waals surface area (Å²) in [7, 11) is 0. The maximum absolute atomic E-state index is 12.2. The number of hydrogen-bond donors (Lipinski definition) is 0. The third kappa shape index (κ3) is 5.53. The highest BCUT2D eigenvalue weighted by molar-refractivity contribution is 6.03. The summed E-state index contributed by atoms with van der Waals surface area (Å²) in [6.07, 6.45) is 1.62. The van der Waals surface area contributed by atoms with Crippen molar-refractivity contribution < 1.29 is 19.1 Å². The average molecular weight is 270 g/mol. The van der Waals surface area contributed by atoms with Crippen molar-refractivity contribution in [1.82, 2.24) is 0 Å². The Bertz CT molecular complexity index is 313. The van der Waals surface area contributed by atoms with Gasteiger partial charge in [0, 0.05) is 18.3 Å². The third-order valence-electron chi connectivity index (χ3n) is 3.48. The number of esters is 1. The van der Waals surface area contributed by atoms with Gasteiger partial charge in [0.15, 0.2) is 0 Å². The summed E-state index contributed by atoms with van der Waals surface area (Å²) in [5, 5.41) is 0. The molecule has 0 aliphatic rings. The lowest BCUT2D eigenvalue weighted by Gasteiger charge is -2.23. The lowest BCUT2D eigenvalue weighted by Crippen LogP contribution is -2.33.